The van der Waals surface area contributed by atoms with Crippen LogP contribution in [-0.4, -0.2) is 50.2 Å². The molecular formula is C11H19N3O3. The molecule has 1 aliphatic heterocycles. The Labute approximate surface area is 101 Å². The van der Waals surface area contributed by atoms with E-state index in [0.717, 1.165) is 13.0 Å². The number of methoxy groups -OCH3 is 1. The van der Waals surface area contributed by atoms with Gasteiger partial charge < -0.3 is 19.3 Å². The van der Waals surface area contributed by atoms with Crippen molar-refractivity contribution < 1.29 is 14.0 Å². The van der Waals surface area contributed by atoms with Gasteiger partial charge in [0.25, 0.3) is 0 Å². The number of likely N-dealkylation sites (N-methyl/N-ethyl adjacent to an activating group) is 1. The van der Waals surface area contributed by atoms with Gasteiger partial charge in [-0.1, -0.05) is 5.16 Å². The van der Waals surface area contributed by atoms with Crippen LogP contribution in [0.5, 0.6) is 0 Å². The van der Waals surface area contributed by atoms with Crippen molar-refractivity contribution in [2.45, 2.75) is 24.8 Å². The van der Waals surface area contributed by atoms with E-state index in [0.29, 0.717) is 37.4 Å². The van der Waals surface area contributed by atoms with Crippen molar-refractivity contribution in [2.24, 2.45) is 0 Å². The highest BCUT2D eigenvalue weighted by atomic mass is 16.5. The molecule has 0 aromatic carbocycles. The van der Waals surface area contributed by atoms with Gasteiger partial charge in [0, 0.05) is 26.2 Å². The van der Waals surface area contributed by atoms with E-state index in [4.69, 9.17) is 14.0 Å². The van der Waals surface area contributed by atoms with Crippen molar-refractivity contribution in [1.82, 2.24) is 15.5 Å². The first kappa shape index (κ1) is 12.5. The second-order valence-corrected chi connectivity index (χ2v) is 4.16. The number of nitrogens with one attached hydrogen (secondary N) is 1. The Balaban J connectivity index is 2.02. The largest absolute Gasteiger partial charge is 0.384 e. The molecule has 6 heteroatoms. The van der Waals surface area contributed by atoms with E-state index in [2.05, 4.69) is 15.5 Å². The van der Waals surface area contributed by atoms with Crippen LogP contribution in [0.25, 0.3) is 0 Å². The summed E-state index contributed by atoms with van der Waals surface area (Å²) in [7, 11) is 3.61. The molecule has 17 heavy (non-hydrogen) atoms. The lowest BCUT2D eigenvalue weighted by Gasteiger charge is -2.28. The summed E-state index contributed by atoms with van der Waals surface area (Å²) in [6.07, 6.45) is 1.65. The van der Waals surface area contributed by atoms with Crippen molar-refractivity contribution in [2.75, 3.05) is 34.0 Å². The van der Waals surface area contributed by atoms with Crippen molar-refractivity contribution in [3.05, 3.63) is 11.7 Å². The molecule has 0 amide bonds. The Morgan fingerprint density at radius 1 is 1.53 bits per heavy atom. The second kappa shape index (κ2) is 6.09. The first-order valence-corrected chi connectivity index (χ1v) is 5.91. The number of hydrogen-bond donors (Lipinski definition) is 1. The lowest BCUT2D eigenvalue weighted by molar-refractivity contribution is 0.0516. The van der Waals surface area contributed by atoms with Crippen LogP contribution in [0.3, 0.4) is 0 Å². The van der Waals surface area contributed by atoms with E-state index in [1.807, 2.05) is 7.05 Å². The smallest absolute Gasteiger partial charge is 0.233 e. The van der Waals surface area contributed by atoms with Gasteiger partial charge in [-0.25, -0.2) is 0 Å². The van der Waals surface area contributed by atoms with E-state index < -0.39 is 0 Å². The van der Waals surface area contributed by atoms with Crippen LogP contribution in [0.4, 0.5) is 0 Å². The summed E-state index contributed by atoms with van der Waals surface area (Å²) >= 11 is 0. The molecule has 1 saturated heterocycles. The minimum atomic E-state index is 0.151. The number of hydrogen-bond acceptors (Lipinski definition) is 6. The van der Waals surface area contributed by atoms with Crippen LogP contribution in [0.2, 0.25) is 0 Å². The molecule has 1 aliphatic rings. The Morgan fingerprint density at radius 3 is 3.18 bits per heavy atom. The SMILES string of the molecule is CNC1CCOCC1c1nc(CCOC)no1. The maximum Gasteiger partial charge on any atom is 0.233 e. The van der Waals surface area contributed by atoms with E-state index in [-0.39, 0.29) is 5.92 Å². The van der Waals surface area contributed by atoms with Gasteiger partial charge in [0.1, 0.15) is 0 Å². The lowest BCUT2D eigenvalue weighted by atomic mass is 9.96. The molecule has 0 bridgehead atoms. The van der Waals surface area contributed by atoms with Crippen LogP contribution in [-0.2, 0) is 15.9 Å². The third kappa shape index (κ3) is 3.02. The van der Waals surface area contributed by atoms with E-state index in [9.17, 15) is 0 Å². The average molecular weight is 241 g/mol. The summed E-state index contributed by atoms with van der Waals surface area (Å²) < 4.78 is 15.7. The maximum atomic E-state index is 5.47. The number of rotatable bonds is 5. The summed E-state index contributed by atoms with van der Waals surface area (Å²) in [5.41, 5.74) is 0. The zero-order chi connectivity index (χ0) is 12.1. The topological polar surface area (TPSA) is 69.4 Å². The monoisotopic (exact) mass is 241 g/mol. The third-order valence-corrected chi connectivity index (χ3v) is 3.06. The fourth-order valence-corrected chi connectivity index (χ4v) is 2.04. The van der Waals surface area contributed by atoms with Crippen LogP contribution in [0.1, 0.15) is 24.1 Å². The third-order valence-electron chi connectivity index (χ3n) is 3.06. The fourth-order valence-electron chi connectivity index (χ4n) is 2.04. The molecule has 2 unspecified atom stereocenters. The summed E-state index contributed by atoms with van der Waals surface area (Å²) in [5, 5.41) is 7.22. The maximum absolute atomic E-state index is 5.47. The molecule has 0 aliphatic carbocycles. The molecule has 2 heterocycles. The van der Waals surface area contributed by atoms with Gasteiger partial charge >= 0.3 is 0 Å². The zero-order valence-corrected chi connectivity index (χ0v) is 10.3. The summed E-state index contributed by atoms with van der Waals surface area (Å²) in [5.74, 6) is 1.51. The van der Waals surface area contributed by atoms with Gasteiger partial charge in [-0.3, -0.25) is 0 Å². The van der Waals surface area contributed by atoms with Gasteiger partial charge in [0.05, 0.1) is 19.1 Å². The number of ether oxygens (including phenoxy) is 2. The van der Waals surface area contributed by atoms with Crippen molar-refractivity contribution in [1.29, 1.82) is 0 Å². The minimum absolute atomic E-state index is 0.151. The molecule has 6 nitrogen and oxygen atoms in total. The first-order chi connectivity index (χ1) is 8.35. The molecule has 1 aromatic rings. The van der Waals surface area contributed by atoms with Crippen LogP contribution in [0, 0.1) is 0 Å². The standard InChI is InChI=1S/C11H19N3O3/c1-12-9-3-6-16-7-8(9)11-13-10(14-17-11)4-5-15-2/h8-9,12H,3-7H2,1-2H3. The first-order valence-electron chi connectivity index (χ1n) is 5.91. The highest BCUT2D eigenvalue weighted by molar-refractivity contribution is 5.01. The van der Waals surface area contributed by atoms with Gasteiger partial charge in [-0.2, -0.15) is 4.98 Å². The van der Waals surface area contributed by atoms with Gasteiger partial charge in [-0.15, -0.1) is 0 Å². The Hall–Kier alpha value is -0.980. The van der Waals surface area contributed by atoms with Crippen LogP contribution < -0.4 is 5.32 Å². The zero-order valence-electron chi connectivity index (χ0n) is 10.3. The molecule has 2 rings (SSSR count). The molecule has 1 fully saturated rings. The number of aromatic nitrogens is 2. The highest BCUT2D eigenvalue weighted by Crippen LogP contribution is 2.24. The molecule has 96 valence electrons. The molecule has 1 aromatic heterocycles. The highest BCUT2D eigenvalue weighted by Gasteiger charge is 2.30. The molecule has 1 N–H and O–H groups in total. The predicted octanol–water partition coefficient (Wildman–Crippen LogP) is 0.350. The molecule has 0 radical (unpaired) electrons. The second-order valence-electron chi connectivity index (χ2n) is 4.16. The predicted molar refractivity (Wildman–Crippen MR) is 60.9 cm³/mol. The molecule has 0 spiro atoms. The minimum Gasteiger partial charge on any atom is -0.384 e. The van der Waals surface area contributed by atoms with Gasteiger partial charge in [0.15, 0.2) is 5.82 Å². The van der Waals surface area contributed by atoms with Crippen LogP contribution in [0.15, 0.2) is 4.52 Å². The normalized spacial score (nSPS) is 25.1. The summed E-state index contributed by atoms with van der Waals surface area (Å²) in [4.78, 5) is 4.39. The summed E-state index contributed by atoms with van der Waals surface area (Å²) in [6.45, 7) is 2.03. The Kier molecular flexibility index (Phi) is 4.47. The van der Waals surface area contributed by atoms with E-state index in [1.54, 1.807) is 7.11 Å². The van der Waals surface area contributed by atoms with Gasteiger partial charge in [-0.05, 0) is 13.5 Å². The Bertz CT molecular complexity index is 342. The van der Waals surface area contributed by atoms with E-state index in [1.165, 1.54) is 0 Å². The fraction of sp³-hybridized carbons (Fsp3) is 0.818. The van der Waals surface area contributed by atoms with Crippen LogP contribution >= 0.6 is 0 Å². The lowest BCUT2D eigenvalue weighted by Crippen LogP contribution is -2.39. The Morgan fingerprint density at radius 2 is 2.41 bits per heavy atom. The quantitative estimate of drug-likeness (QED) is 0.802. The molecular weight excluding hydrogens is 222 g/mol. The van der Waals surface area contributed by atoms with Gasteiger partial charge in [0.2, 0.25) is 5.89 Å². The van der Waals surface area contributed by atoms with Crippen molar-refractivity contribution in [3.63, 3.8) is 0 Å². The van der Waals surface area contributed by atoms with E-state index >= 15 is 0 Å². The van der Waals surface area contributed by atoms with Crippen molar-refractivity contribution in [3.8, 4) is 0 Å². The molecule has 2 atom stereocenters. The number of nitrogens with zero attached hydrogens (tertiary/aromatic N) is 2. The van der Waals surface area contributed by atoms with Crippen molar-refractivity contribution >= 4 is 0 Å². The molecule has 0 saturated carbocycles. The summed E-state index contributed by atoms with van der Waals surface area (Å²) in [6, 6.07) is 0.347. The average Bonchev–Trinajstić information content (AvgIpc) is 2.85.